The fourth-order valence-electron chi connectivity index (χ4n) is 4.39. The molecule has 3 aromatic carbocycles. The van der Waals surface area contributed by atoms with Crippen LogP contribution in [0.5, 0.6) is 5.75 Å². The van der Waals surface area contributed by atoms with E-state index >= 15 is 0 Å². The Hall–Kier alpha value is -3.36. The molecule has 0 aliphatic carbocycles. The predicted molar refractivity (Wildman–Crippen MR) is 138 cm³/mol. The number of amides is 1. The van der Waals surface area contributed by atoms with E-state index < -0.39 is 6.09 Å². The first-order valence-electron chi connectivity index (χ1n) is 11.5. The van der Waals surface area contributed by atoms with Crippen molar-refractivity contribution in [2.75, 3.05) is 56.7 Å². The molecule has 1 aromatic heterocycles. The summed E-state index contributed by atoms with van der Waals surface area (Å²) in [6, 6.07) is 18.3. The van der Waals surface area contributed by atoms with Gasteiger partial charge in [-0.3, -0.25) is 10.2 Å². The third kappa shape index (κ3) is 5.08. The molecule has 34 heavy (non-hydrogen) atoms. The number of hydrogen-bond donors (Lipinski definition) is 1. The van der Waals surface area contributed by atoms with Crippen LogP contribution in [0.25, 0.3) is 21.0 Å². The van der Waals surface area contributed by atoms with Crippen LogP contribution in [-0.4, -0.2) is 62.4 Å². The van der Waals surface area contributed by atoms with Gasteiger partial charge >= 0.3 is 6.09 Å². The van der Waals surface area contributed by atoms with Gasteiger partial charge in [-0.05, 0) is 48.2 Å². The lowest BCUT2D eigenvalue weighted by molar-refractivity contribution is 0.151. The largest absolute Gasteiger partial charge is 0.497 e. The van der Waals surface area contributed by atoms with E-state index in [0.29, 0.717) is 6.61 Å². The Morgan fingerprint density at radius 2 is 1.97 bits per heavy atom. The molecule has 0 radical (unpaired) electrons. The normalized spacial score (nSPS) is 14.4. The number of aromatic nitrogens is 1. The maximum absolute atomic E-state index is 12.1. The van der Waals surface area contributed by atoms with Gasteiger partial charge in [-0.25, -0.2) is 9.78 Å². The summed E-state index contributed by atoms with van der Waals surface area (Å²) in [5.41, 5.74) is 4.71. The molecular formula is C26H28N4O3S. The number of ether oxygens (including phenoxy) is 2. The van der Waals surface area contributed by atoms with Crippen molar-refractivity contribution in [3.8, 4) is 5.75 Å². The van der Waals surface area contributed by atoms with E-state index in [-0.39, 0.29) is 0 Å². The first-order chi connectivity index (χ1) is 16.7. The molecule has 4 aromatic rings. The lowest BCUT2D eigenvalue weighted by Crippen LogP contribution is -2.46. The van der Waals surface area contributed by atoms with Gasteiger partial charge in [0.15, 0.2) is 0 Å². The second kappa shape index (κ2) is 10.3. The van der Waals surface area contributed by atoms with Crippen LogP contribution in [0.2, 0.25) is 0 Å². The number of carbonyl (C=O) groups excluding carboxylic acids is 1. The van der Waals surface area contributed by atoms with E-state index in [1.165, 1.54) is 16.5 Å². The number of nitrogens with zero attached hydrogens (tertiary/aromatic N) is 3. The van der Waals surface area contributed by atoms with Gasteiger partial charge in [0.25, 0.3) is 0 Å². The standard InChI is InChI=1S/C26H28N4O3S/c1-32-21-8-6-19-4-2-5-24(22(19)17-21)30-13-11-29(12-14-30)10-3-15-33-26(31)28-20-7-9-23-25(16-20)34-18-27-23/h2,4-9,16-18H,3,10-15H2,1H3,(H,28,31). The number of anilines is 2. The van der Waals surface area contributed by atoms with Crippen molar-refractivity contribution >= 4 is 49.8 Å². The second-order valence-electron chi connectivity index (χ2n) is 8.34. The minimum atomic E-state index is -0.417. The Morgan fingerprint density at radius 1 is 1.09 bits per heavy atom. The summed E-state index contributed by atoms with van der Waals surface area (Å²) in [6.45, 7) is 5.23. The SMILES string of the molecule is COc1ccc2cccc(N3CCN(CCCOC(=O)Nc4ccc5ncsc5c4)CC3)c2c1. The first-order valence-corrected chi connectivity index (χ1v) is 12.4. The molecule has 2 heterocycles. The zero-order valence-electron chi connectivity index (χ0n) is 19.2. The molecule has 0 spiro atoms. The number of piperazine rings is 1. The monoisotopic (exact) mass is 476 g/mol. The van der Waals surface area contributed by atoms with Crippen molar-refractivity contribution in [3.63, 3.8) is 0 Å². The summed E-state index contributed by atoms with van der Waals surface area (Å²) in [4.78, 5) is 21.2. The van der Waals surface area contributed by atoms with Gasteiger partial charge in [0.05, 0.1) is 29.4 Å². The fraction of sp³-hybridized carbons (Fsp3) is 0.308. The lowest BCUT2D eigenvalue weighted by Gasteiger charge is -2.36. The Morgan fingerprint density at radius 3 is 2.82 bits per heavy atom. The van der Waals surface area contributed by atoms with Gasteiger partial charge in [-0.1, -0.05) is 18.2 Å². The molecule has 0 bridgehead atoms. The number of benzene rings is 3. The van der Waals surface area contributed by atoms with E-state index in [1.807, 2.05) is 24.3 Å². The van der Waals surface area contributed by atoms with Crippen LogP contribution in [0.1, 0.15) is 6.42 Å². The number of rotatable bonds is 7. The summed E-state index contributed by atoms with van der Waals surface area (Å²) < 4.78 is 11.9. The molecule has 1 N–H and O–H groups in total. The third-order valence-corrected chi connectivity index (χ3v) is 7.00. The Bertz CT molecular complexity index is 1280. The number of methoxy groups -OCH3 is 1. The average Bonchev–Trinajstić information content (AvgIpc) is 3.34. The molecule has 0 atom stereocenters. The van der Waals surface area contributed by atoms with Crippen molar-refractivity contribution in [2.24, 2.45) is 0 Å². The topological polar surface area (TPSA) is 66.9 Å². The highest BCUT2D eigenvalue weighted by Gasteiger charge is 2.18. The molecule has 176 valence electrons. The number of carbonyl (C=O) groups is 1. The number of nitrogens with one attached hydrogen (secondary N) is 1. The highest BCUT2D eigenvalue weighted by molar-refractivity contribution is 7.16. The molecule has 0 saturated carbocycles. The Kier molecular flexibility index (Phi) is 6.78. The molecule has 1 amide bonds. The molecule has 1 saturated heterocycles. The van der Waals surface area contributed by atoms with Crippen LogP contribution in [0.4, 0.5) is 16.2 Å². The van der Waals surface area contributed by atoms with Gasteiger partial charge in [0, 0.05) is 49.5 Å². The highest BCUT2D eigenvalue weighted by Crippen LogP contribution is 2.30. The van der Waals surface area contributed by atoms with Crippen LogP contribution in [-0.2, 0) is 4.74 Å². The highest BCUT2D eigenvalue weighted by atomic mass is 32.1. The predicted octanol–water partition coefficient (Wildman–Crippen LogP) is 5.22. The van der Waals surface area contributed by atoms with Gasteiger partial charge in [-0.2, -0.15) is 0 Å². The maximum atomic E-state index is 12.1. The van der Waals surface area contributed by atoms with Crippen LogP contribution in [0.3, 0.4) is 0 Å². The molecule has 8 heteroatoms. The van der Waals surface area contributed by atoms with Crippen LogP contribution >= 0.6 is 11.3 Å². The van der Waals surface area contributed by atoms with Gasteiger partial charge < -0.3 is 14.4 Å². The zero-order valence-corrected chi connectivity index (χ0v) is 20.0. The van der Waals surface area contributed by atoms with Crippen molar-refractivity contribution in [1.82, 2.24) is 9.88 Å². The van der Waals surface area contributed by atoms with Crippen molar-refractivity contribution in [2.45, 2.75) is 6.42 Å². The number of thiazole rings is 1. The molecule has 5 rings (SSSR count). The molecule has 1 aliphatic heterocycles. The summed E-state index contributed by atoms with van der Waals surface area (Å²) >= 11 is 1.55. The minimum Gasteiger partial charge on any atom is -0.497 e. The van der Waals surface area contributed by atoms with E-state index in [0.717, 1.165) is 60.8 Å². The van der Waals surface area contributed by atoms with Gasteiger partial charge in [0.1, 0.15) is 5.75 Å². The van der Waals surface area contributed by atoms with E-state index in [1.54, 1.807) is 24.0 Å². The van der Waals surface area contributed by atoms with E-state index in [2.05, 4.69) is 50.4 Å². The van der Waals surface area contributed by atoms with E-state index in [4.69, 9.17) is 9.47 Å². The number of hydrogen-bond acceptors (Lipinski definition) is 7. The lowest BCUT2D eigenvalue weighted by atomic mass is 10.1. The minimum absolute atomic E-state index is 0.401. The molecule has 1 aliphatic rings. The fourth-order valence-corrected chi connectivity index (χ4v) is 5.11. The maximum Gasteiger partial charge on any atom is 0.411 e. The summed E-state index contributed by atoms with van der Waals surface area (Å²) in [5, 5.41) is 5.25. The molecule has 7 nitrogen and oxygen atoms in total. The number of fused-ring (bicyclic) bond motifs is 2. The van der Waals surface area contributed by atoms with Gasteiger partial charge in [-0.15, -0.1) is 11.3 Å². The zero-order chi connectivity index (χ0) is 23.3. The van der Waals surface area contributed by atoms with Crippen molar-refractivity contribution in [1.29, 1.82) is 0 Å². The molecule has 1 fully saturated rings. The third-order valence-electron chi connectivity index (χ3n) is 6.21. The molecule has 0 unspecified atom stereocenters. The van der Waals surface area contributed by atoms with Crippen LogP contribution in [0, 0.1) is 0 Å². The van der Waals surface area contributed by atoms with Crippen molar-refractivity contribution in [3.05, 3.63) is 60.1 Å². The second-order valence-corrected chi connectivity index (χ2v) is 9.23. The summed E-state index contributed by atoms with van der Waals surface area (Å²) in [6.07, 6.45) is 0.396. The molecular weight excluding hydrogens is 448 g/mol. The first kappa shape index (κ1) is 22.4. The average molecular weight is 477 g/mol. The van der Waals surface area contributed by atoms with Crippen molar-refractivity contribution < 1.29 is 14.3 Å². The van der Waals surface area contributed by atoms with Crippen LogP contribution < -0.4 is 15.0 Å². The summed E-state index contributed by atoms with van der Waals surface area (Å²) in [5.74, 6) is 0.881. The quantitative estimate of drug-likeness (QED) is 0.369. The Balaban J connectivity index is 1.06. The van der Waals surface area contributed by atoms with Gasteiger partial charge in [0.2, 0.25) is 0 Å². The summed E-state index contributed by atoms with van der Waals surface area (Å²) in [7, 11) is 1.71. The van der Waals surface area contributed by atoms with Crippen LogP contribution in [0.15, 0.2) is 60.1 Å². The van der Waals surface area contributed by atoms with E-state index in [9.17, 15) is 4.79 Å². The smallest absolute Gasteiger partial charge is 0.411 e. The Labute approximate surface area is 202 Å².